The van der Waals surface area contributed by atoms with Gasteiger partial charge in [-0.1, -0.05) is 13.3 Å². The highest BCUT2D eigenvalue weighted by Gasteiger charge is 1.59. The van der Waals surface area contributed by atoms with E-state index in [4.69, 9.17) is 0 Å². The summed E-state index contributed by atoms with van der Waals surface area (Å²) < 4.78 is 0. The highest BCUT2D eigenvalue weighted by Crippen LogP contribution is 1.61. The Balaban J connectivity index is 2.53. The van der Waals surface area contributed by atoms with Gasteiger partial charge in [-0.2, -0.15) is 0 Å². The van der Waals surface area contributed by atoms with Crippen molar-refractivity contribution in [1.29, 1.82) is 0 Å². The molecule has 0 spiro atoms. The molecule has 2 N–H and O–H groups in total. The van der Waals surface area contributed by atoms with Crippen LogP contribution in [-0.2, 0) is 0 Å². The van der Waals surface area contributed by atoms with E-state index in [1.54, 1.807) is 19.9 Å². The first kappa shape index (κ1) is 3.38. The standard InChI is InChI=1S/C3H4BN2/c1-2-5-4-6-3-1/h2-3,5-6H/q-1. The maximum atomic E-state index is 2.78. The summed E-state index contributed by atoms with van der Waals surface area (Å²) in [4.78, 5) is 0. The summed E-state index contributed by atoms with van der Waals surface area (Å²) in [5.74, 6) is 0. The number of hydrogen-bond acceptors (Lipinski definition) is 2. The fourth-order valence-corrected chi connectivity index (χ4v) is 0.269. The highest BCUT2D eigenvalue weighted by molar-refractivity contribution is 6.29. The smallest absolute Gasteiger partial charge is 0.00187 e. The van der Waals surface area contributed by atoms with Gasteiger partial charge >= 0.3 is 0 Å². The molecule has 2 radical (unpaired) electrons. The van der Waals surface area contributed by atoms with Gasteiger partial charge in [0.2, 0.25) is 0 Å². The molecule has 0 unspecified atom stereocenters. The maximum Gasteiger partial charge on any atom is -0.00187 e. The molecule has 3 heteroatoms. The van der Waals surface area contributed by atoms with Gasteiger partial charge in [0.05, 0.1) is 0 Å². The molecule has 30 valence electrons. The number of hydrogen-bond donors (Lipinski definition) is 2. The minimum absolute atomic E-state index is 1.72. The van der Waals surface area contributed by atoms with Crippen LogP contribution in [0.4, 0.5) is 0 Å². The van der Waals surface area contributed by atoms with Crippen molar-refractivity contribution in [1.82, 2.24) is 10.5 Å². The number of nitrogens with one attached hydrogen (secondary N) is 2. The fraction of sp³-hybridized carbons (Fsp3) is 0. The molecule has 0 bridgehead atoms. The van der Waals surface area contributed by atoms with Crippen LogP contribution >= 0.6 is 0 Å². The summed E-state index contributed by atoms with van der Waals surface area (Å²) in [5.41, 5.74) is 2.78. The van der Waals surface area contributed by atoms with E-state index in [1.165, 1.54) is 0 Å². The zero-order valence-corrected chi connectivity index (χ0v) is 3.23. The first-order valence-corrected chi connectivity index (χ1v) is 1.73. The topological polar surface area (TPSA) is 24.1 Å². The van der Waals surface area contributed by atoms with Crippen molar-refractivity contribution in [3.05, 3.63) is 18.1 Å². The van der Waals surface area contributed by atoms with E-state index in [1.807, 2.05) is 0 Å². The van der Waals surface area contributed by atoms with Gasteiger partial charge < -0.3 is 10.5 Å². The van der Waals surface area contributed by atoms with Gasteiger partial charge in [-0.3, -0.25) is 0 Å². The van der Waals surface area contributed by atoms with E-state index in [0.29, 0.717) is 0 Å². The molecule has 0 saturated heterocycles. The Labute approximate surface area is 37.2 Å². The lowest BCUT2D eigenvalue weighted by Gasteiger charge is -2.16. The molecule has 6 heavy (non-hydrogen) atoms. The first-order chi connectivity index (χ1) is 3.00. The fourth-order valence-electron chi connectivity index (χ4n) is 0.269. The van der Waals surface area contributed by atoms with E-state index in [2.05, 4.69) is 16.2 Å². The van der Waals surface area contributed by atoms with Crippen LogP contribution < -0.4 is 10.5 Å². The van der Waals surface area contributed by atoms with Crippen LogP contribution in [0.15, 0.2) is 18.1 Å². The van der Waals surface area contributed by atoms with Crippen molar-refractivity contribution < 1.29 is 0 Å². The molecular formula is C3H4BN2-. The number of rotatable bonds is 0. The van der Waals surface area contributed by atoms with E-state index < -0.39 is 0 Å². The molecule has 0 aromatic carbocycles. The predicted molar refractivity (Wildman–Crippen MR) is 24.7 cm³/mol. The molecule has 0 fully saturated rings. The molecule has 1 aliphatic rings. The Hall–Kier alpha value is -0.815. The van der Waals surface area contributed by atoms with Gasteiger partial charge in [0.15, 0.2) is 0 Å². The zero-order valence-electron chi connectivity index (χ0n) is 3.23. The summed E-state index contributed by atoms with van der Waals surface area (Å²) in [6, 6.07) is 0. The van der Waals surface area contributed by atoms with Crippen molar-refractivity contribution in [2.75, 3.05) is 0 Å². The second kappa shape index (κ2) is 1.58. The average molecular weight is 78.9 g/mol. The third kappa shape index (κ3) is 0.566. The van der Waals surface area contributed by atoms with Crippen LogP contribution in [0.3, 0.4) is 0 Å². The summed E-state index contributed by atoms with van der Waals surface area (Å²) in [5, 5.41) is 5.56. The van der Waals surface area contributed by atoms with Crippen molar-refractivity contribution in [3.8, 4) is 0 Å². The molecule has 1 aliphatic heterocycles. The van der Waals surface area contributed by atoms with Crippen LogP contribution in [0.2, 0.25) is 0 Å². The van der Waals surface area contributed by atoms with Gasteiger partial charge in [-0.05, 0) is 12.4 Å². The average Bonchev–Trinajstić information content (AvgIpc) is 1.72. The van der Waals surface area contributed by atoms with Crippen LogP contribution in [0.1, 0.15) is 0 Å². The van der Waals surface area contributed by atoms with E-state index >= 15 is 0 Å². The maximum absolute atomic E-state index is 2.78. The molecular weight excluding hydrogens is 74.9 g/mol. The summed E-state index contributed by atoms with van der Waals surface area (Å²) in [6.45, 7) is 0. The normalized spacial score (nSPS) is 16.0. The minimum atomic E-state index is 1.72. The molecule has 0 amide bonds. The lowest BCUT2D eigenvalue weighted by atomic mass is 10.2. The largest absolute Gasteiger partial charge is 0.598 e. The molecule has 0 aromatic rings. The van der Waals surface area contributed by atoms with E-state index in [0.717, 1.165) is 0 Å². The van der Waals surface area contributed by atoms with Gasteiger partial charge in [0, 0.05) is 0 Å². The van der Waals surface area contributed by atoms with Crippen molar-refractivity contribution in [2.24, 2.45) is 0 Å². The SMILES string of the molecule is [B-]1NC=C=CN1. The molecule has 2 nitrogen and oxygen atoms in total. The summed E-state index contributed by atoms with van der Waals surface area (Å²) in [7, 11) is 1.72. The molecule has 0 atom stereocenters. The third-order valence-electron chi connectivity index (χ3n) is 0.500. The van der Waals surface area contributed by atoms with Gasteiger partial charge in [-0.25, -0.2) is 0 Å². The molecule has 1 rings (SSSR count). The zero-order chi connectivity index (χ0) is 4.24. The minimum Gasteiger partial charge on any atom is -0.598 e. The van der Waals surface area contributed by atoms with Gasteiger partial charge in [-0.15, -0.1) is 0 Å². The van der Waals surface area contributed by atoms with Gasteiger partial charge in [0.25, 0.3) is 0 Å². The Kier molecular flexibility index (Phi) is 0.889. The van der Waals surface area contributed by atoms with Crippen LogP contribution in [0.5, 0.6) is 0 Å². The Morgan fingerprint density at radius 2 is 2.00 bits per heavy atom. The summed E-state index contributed by atoms with van der Waals surface area (Å²) >= 11 is 0. The second-order valence-corrected chi connectivity index (χ2v) is 0.933. The van der Waals surface area contributed by atoms with Crippen molar-refractivity contribution in [3.63, 3.8) is 0 Å². The van der Waals surface area contributed by atoms with Crippen molar-refractivity contribution in [2.45, 2.75) is 0 Å². The molecule has 0 aromatic heterocycles. The molecule has 1 heterocycles. The lowest BCUT2D eigenvalue weighted by molar-refractivity contribution is 1.20. The Morgan fingerprint density at radius 1 is 1.33 bits per heavy atom. The highest BCUT2D eigenvalue weighted by atomic mass is 14.9. The van der Waals surface area contributed by atoms with Crippen molar-refractivity contribution >= 4 is 7.55 Å². The molecule has 0 saturated carbocycles. The quantitative estimate of drug-likeness (QED) is 0.297. The lowest BCUT2D eigenvalue weighted by Crippen LogP contribution is -2.27. The third-order valence-corrected chi connectivity index (χ3v) is 0.500. The Morgan fingerprint density at radius 3 is 2.17 bits per heavy atom. The molecule has 0 aliphatic carbocycles. The van der Waals surface area contributed by atoms with E-state index in [-0.39, 0.29) is 0 Å². The first-order valence-electron chi connectivity index (χ1n) is 1.73. The van der Waals surface area contributed by atoms with Gasteiger partial charge in [0.1, 0.15) is 0 Å². The van der Waals surface area contributed by atoms with Crippen LogP contribution in [0, 0.1) is 0 Å². The van der Waals surface area contributed by atoms with Crippen LogP contribution in [-0.4, -0.2) is 7.55 Å². The second-order valence-electron chi connectivity index (χ2n) is 0.933. The van der Waals surface area contributed by atoms with Crippen LogP contribution in [0.25, 0.3) is 0 Å². The Bertz CT molecular complexity index is 85.0. The summed E-state index contributed by atoms with van der Waals surface area (Å²) in [6.07, 6.45) is 3.44. The predicted octanol–water partition coefficient (Wildman–Crippen LogP) is -0.660. The monoisotopic (exact) mass is 79.0 g/mol. The van der Waals surface area contributed by atoms with E-state index in [9.17, 15) is 0 Å².